The molecule has 4 nitrogen and oxygen atoms in total. The van der Waals surface area contributed by atoms with E-state index in [0.29, 0.717) is 0 Å². The number of rotatable bonds is 8. The van der Waals surface area contributed by atoms with E-state index in [0.717, 1.165) is 37.4 Å². The third kappa shape index (κ3) is 5.95. The molecule has 0 saturated carbocycles. The second-order valence-corrected chi connectivity index (χ2v) is 6.43. The van der Waals surface area contributed by atoms with Gasteiger partial charge in [-0.05, 0) is 64.1 Å². The average molecular weight is 306 g/mol. The maximum atomic E-state index is 10.1. The molecular weight excluding hydrogens is 276 g/mol. The highest BCUT2D eigenvalue weighted by Crippen LogP contribution is 2.20. The molecule has 1 fully saturated rings. The van der Waals surface area contributed by atoms with Crippen molar-refractivity contribution < 1.29 is 9.84 Å². The molecule has 1 unspecified atom stereocenters. The fourth-order valence-corrected chi connectivity index (χ4v) is 2.81. The van der Waals surface area contributed by atoms with Gasteiger partial charge in [-0.3, -0.25) is 4.90 Å². The number of aliphatic hydroxyl groups excluding tert-OH is 1. The molecule has 0 aliphatic carbocycles. The molecule has 0 amide bonds. The zero-order valence-corrected chi connectivity index (χ0v) is 14.0. The van der Waals surface area contributed by atoms with Crippen LogP contribution in [0.15, 0.2) is 24.3 Å². The van der Waals surface area contributed by atoms with Crippen molar-refractivity contribution in [3.05, 3.63) is 29.8 Å². The van der Waals surface area contributed by atoms with Crippen molar-refractivity contribution in [2.75, 3.05) is 46.9 Å². The highest BCUT2D eigenvalue weighted by atomic mass is 16.5. The Hall–Kier alpha value is -1.10. The van der Waals surface area contributed by atoms with Crippen molar-refractivity contribution >= 4 is 0 Å². The second kappa shape index (κ2) is 9.13. The Bertz CT molecular complexity index is 414. The summed E-state index contributed by atoms with van der Waals surface area (Å²) in [6.45, 7) is 5.05. The molecule has 1 atom stereocenters. The van der Waals surface area contributed by atoms with E-state index in [4.69, 9.17) is 4.74 Å². The number of piperidine rings is 1. The van der Waals surface area contributed by atoms with Gasteiger partial charge in [0.1, 0.15) is 12.4 Å². The zero-order chi connectivity index (χ0) is 15.8. The lowest BCUT2D eigenvalue weighted by atomic mass is 10.1. The van der Waals surface area contributed by atoms with Crippen LogP contribution >= 0.6 is 0 Å². The van der Waals surface area contributed by atoms with Crippen molar-refractivity contribution in [1.29, 1.82) is 0 Å². The van der Waals surface area contributed by atoms with Crippen LogP contribution in [0.4, 0.5) is 0 Å². The lowest BCUT2D eigenvalue weighted by molar-refractivity contribution is 0.154. The van der Waals surface area contributed by atoms with Crippen LogP contribution in [0, 0.1) is 0 Å². The van der Waals surface area contributed by atoms with E-state index in [1.165, 1.54) is 32.4 Å². The molecule has 1 aliphatic heterocycles. The lowest BCUT2D eigenvalue weighted by Crippen LogP contribution is -2.33. The summed E-state index contributed by atoms with van der Waals surface area (Å²) >= 11 is 0. The summed E-state index contributed by atoms with van der Waals surface area (Å²) in [5.74, 6) is 0.889. The van der Waals surface area contributed by atoms with Crippen LogP contribution in [0.25, 0.3) is 0 Å². The normalized spacial score (nSPS) is 17.6. The Morgan fingerprint density at radius 1 is 1.14 bits per heavy atom. The summed E-state index contributed by atoms with van der Waals surface area (Å²) in [4.78, 5) is 4.56. The van der Waals surface area contributed by atoms with Gasteiger partial charge in [-0.2, -0.15) is 0 Å². The first-order valence-corrected chi connectivity index (χ1v) is 8.43. The molecule has 0 spiro atoms. The lowest BCUT2D eigenvalue weighted by Gasteiger charge is -2.26. The average Bonchev–Trinajstić information content (AvgIpc) is 2.54. The van der Waals surface area contributed by atoms with Crippen LogP contribution in [0.2, 0.25) is 0 Å². The van der Waals surface area contributed by atoms with Crippen LogP contribution in [0.1, 0.15) is 37.4 Å². The quantitative estimate of drug-likeness (QED) is 0.801. The minimum atomic E-state index is -0.398. The summed E-state index contributed by atoms with van der Waals surface area (Å²) in [5.41, 5.74) is 0.963. The van der Waals surface area contributed by atoms with Gasteiger partial charge in [0.25, 0.3) is 0 Å². The first-order valence-electron chi connectivity index (χ1n) is 8.43. The molecule has 1 N–H and O–H groups in total. The Labute approximate surface area is 134 Å². The summed E-state index contributed by atoms with van der Waals surface area (Å²) in [6.07, 6.45) is 4.36. The summed E-state index contributed by atoms with van der Waals surface area (Å²) < 4.78 is 5.81. The van der Waals surface area contributed by atoms with Gasteiger partial charge >= 0.3 is 0 Å². The molecule has 1 aromatic carbocycles. The van der Waals surface area contributed by atoms with Gasteiger partial charge in [-0.1, -0.05) is 18.6 Å². The smallest absolute Gasteiger partial charge is 0.119 e. The first kappa shape index (κ1) is 17.3. The Morgan fingerprint density at radius 2 is 1.82 bits per heavy atom. The summed E-state index contributed by atoms with van der Waals surface area (Å²) in [7, 11) is 4.04. The van der Waals surface area contributed by atoms with E-state index in [1.807, 2.05) is 38.4 Å². The van der Waals surface area contributed by atoms with E-state index < -0.39 is 6.10 Å². The first-order chi connectivity index (χ1) is 10.6. The molecule has 1 aliphatic rings. The standard InChI is InChI=1S/C18H30N2O2/c1-19(2)13-10-18(21)16-6-8-17(9-7-16)22-15-14-20-11-4-3-5-12-20/h6-9,18,21H,3-5,10-15H2,1-2H3. The van der Waals surface area contributed by atoms with Crippen LogP contribution < -0.4 is 4.74 Å². The largest absolute Gasteiger partial charge is 0.492 e. The van der Waals surface area contributed by atoms with Crippen LogP contribution in [-0.4, -0.2) is 61.8 Å². The third-order valence-electron chi connectivity index (χ3n) is 4.24. The number of likely N-dealkylation sites (tertiary alicyclic amines) is 1. The van der Waals surface area contributed by atoms with Crippen LogP contribution in [0.3, 0.4) is 0 Å². The molecule has 0 bridgehead atoms. The van der Waals surface area contributed by atoms with Gasteiger partial charge in [-0.15, -0.1) is 0 Å². The molecule has 0 aromatic heterocycles. The topological polar surface area (TPSA) is 35.9 Å². The molecule has 1 aromatic rings. The highest BCUT2D eigenvalue weighted by Gasteiger charge is 2.10. The van der Waals surface area contributed by atoms with Crippen LogP contribution in [-0.2, 0) is 0 Å². The number of benzene rings is 1. The summed E-state index contributed by atoms with van der Waals surface area (Å²) in [5, 5.41) is 10.1. The van der Waals surface area contributed by atoms with Gasteiger partial charge in [-0.25, -0.2) is 0 Å². The highest BCUT2D eigenvalue weighted by molar-refractivity contribution is 5.28. The number of aliphatic hydroxyl groups is 1. The summed E-state index contributed by atoms with van der Waals surface area (Å²) in [6, 6.07) is 7.86. The molecule has 1 heterocycles. The number of ether oxygens (including phenoxy) is 1. The monoisotopic (exact) mass is 306 g/mol. The van der Waals surface area contributed by atoms with E-state index in [9.17, 15) is 5.11 Å². The van der Waals surface area contributed by atoms with Gasteiger partial charge in [0.15, 0.2) is 0 Å². The molecule has 22 heavy (non-hydrogen) atoms. The molecule has 1 saturated heterocycles. The Balaban J connectivity index is 1.71. The van der Waals surface area contributed by atoms with E-state index in [2.05, 4.69) is 9.80 Å². The van der Waals surface area contributed by atoms with Gasteiger partial charge in [0, 0.05) is 13.1 Å². The maximum Gasteiger partial charge on any atom is 0.119 e. The fraction of sp³-hybridized carbons (Fsp3) is 0.667. The van der Waals surface area contributed by atoms with Crippen molar-refractivity contribution in [3.63, 3.8) is 0 Å². The minimum absolute atomic E-state index is 0.398. The predicted molar refractivity (Wildman–Crippen MR) is 90.4 cm³/mol. The Morgan fingerprint density at radius 3 is 2.45 bits per heavy atom. The molecule has 0 radical (unpaired) electrons. The maximum absolute atomic E-state index is 10.1. The number of hydrogen-bond acceptors (Lipinski definition) is 4. The van der Waals surface area contributed by atoms with Gasteiger partial charge in [0.05, 0.1) is 6.10 Å². The molecule has 4 heteroatoms. The fourth-order valence-electron chi connectivity index (χ4n) is 2.81. The second-order valence-electron chi connectivity index (χ2n) is 6.43. The third-order valence-corrected chi connectivity index (χ3v) is 4.24. The zero-order valence-electron chi connectivity index (χ0n) is 14.0. The van der Waals surface area contributed by atoms with E-state index >= 15 is 0 Å². The SMILES string of the molecule is CN(C)CCC(O)c1ccc(OCCN2CCCCC2)cc1. The molecular formula is C18H30N2O2. The predicted octanol–water partition coefficient (Wildman–Crippen LogP) is 2.54. The van der Waals surface area contributed by atoms with Gasteiger partial charge in [0.2, 0.25) is 0 Å². The van der Waals surface area contributed by atoms with Gasteiger partial charge < -0.3 is 14.7 Å². The Kier molecular flexibility index (Phi) is 7.16. The minimum Gasteiger partial charge on any atom is -0.492 e. The van der Waals surface area contributed by atoms with Crippen LogP contribution in [0.5, 0.6) is 5.75 Å². The van der Waals surface area contributed by atoms with Crippen molar-refractivity contribution in [2.24, 2.45) is 0 Å². The van der Waals surface area contributed by atoms with E-state index in [1.54, 1.807) is 0 Å². The van der Waals surface area contributed by atoms with E-state index in [-0.39, 0.29) is 0 Å². The molecule has 2 rings (SSSR count). The number of nitrogens with zero attached hydrogens (tertiary/aromatic N) is 2. The van der Waals surface area contributed by atoms with Crippen molar-refractivity contribution in [1.82, 2.24) is 9.80 Å². The van der Waals surface area contributed by atoms with Crippen molar-refractivity contribution in [2.45, 2.75) is 31.8 Å². The molecule has 124 valence electrons. The number of hydrogen-bond donors (Lipinski definition) is 1. The van der Waals surface area contributed by atoms with Crippen molar-refractivity contribution in [3.8, 4) is 5.75 Å².